The highest BCUT2D eigenvalue weighted by Gasteiger charge is 2.34. The average Bonchev–Trinajstić information content (AvgIpc) is 2.89. The van der Waals surface area contributed by atoms with Crippen molar-refractivity contribution < 1.29 is 23.9 Å². The topological polar surface area (TPSA) is 97.0 Å². The van der Waals surface area contributed by atoms with Gasteiger partial charge >= 0.3 is 0 Å². The van der Waals surface area contributed by atoms with Crippen LogP contribution in [0.4, 0.5) is 0 Å². The Morgan fingerprint density at radius 2 is 1.80 bits per heavy atom. The monoisotopic (exact) mass is 481 g/mol. The van der Waals surface area contributed by atoms with Crippen molar-refractivity contribution >= 4 is 17.7 Å². The molecule has 8 nitrogen and oxygen atoms in total. The Balaban J connectivity index is 1.68. The highest BCUT2D eigenvalue weighted by atomic mass is 16.5. The SMILES string of the molecule is COCCCNC(=O)C(NC(=O)c1cccc(C)c1)C1CCN(C(=O)c2ccccc2OC)CC1. The number of hydrogen-bond donors (Lipinski definition) is 2. The molecule has 8 heteroatoms. The molecular weight excluding hydrogens is 446 g/mol. The quantitative estimate of drug-likeness (QED) is 0.509. The van der Waals surface area contributed by atoms with Gasteiger partial charge in [0, 0.05) is 38.9 Å². The Bertz CT molecular complexity index is 1020. The summed E-state index contributed by atoms with van der Waals surface area (Å²) in [5.41, 5.74) is 2.01. The van der Waals surface area contributed by atoms with Gasteiger partial charge in [-0.2, -0.15) is 0 Å². The number of carbonyl (C=O) groups is 3. The van der Waals surface area contributed by atoms with Crippen LogP contribution in [0, 0.1) is 12.8 Å². The van der Waals surface area contributed by atoms with Crippen LogP contribution in [-0.2, 0) is 9.53 Å². The van der Waals surface area contributed by atoms with E-state index in [9.17, 15) is 14.4 Å². The molecule has 0 aromatic heterocycles. The number of likely N-dealkylation sites (tertiary alicyclic amines) is 1. The minimum Gasteiger partial charge on any atom is -0.496 e. The van der Waals surface area contributed by atoms with Crippen LogP contribution in [-0.4, -0.2) is 69.1 Å². The summed E-state index contributed by atoms with van der Waals surface area (Å²) in [6, 6.07) is 13.8. The molecule has 0 spiro atoms. The van der Waals surface area contributed by atoms with Crippen molar-refractivity contribution in [1.82, 2.24) is 15.5 Å². The molecule has 188 valence electrons. The summed E-state index contributed by atoms with van der Waals surface area (Å²) in [6.45, 7) is 3.93. The molecule has 1 heterocycles. The van der Waals surface area contributed by atoms with Gasteiger partial charge < -0.3 is 25.0 Å². The highest BCUT2D eigenvalue weighted by Crippen LogP contribution is 2.25. The van der Waals surface area contributed by atoms with Gasteiger partial charge in [0.1, 0.15) is 11.8 Å². The Morgan fingerprint density at radius 3 is 2.49 bits per heavy atom. The Kier molecular flexibility index (Phi) is 9.66. The van der Waals surface area contributed by atoms with Crippen molar-refractivity contribution in [2.24, 2.45) is 5.92 Å². The third kappa shape index (κ3) is 7.05. The molecule has 0 saturated carbocycles. The molecule has 0 aliphatic carbocycles. The summed E-state index contributed by atoms with van der Waals surface area (Å²) in [6.07, 6.45) is 1.89. The number of ether oxygens (including phenoxy) is 2. The molecule has 1 fully saturated rings. The fourth-order valence-corrected chi connectivity index (χ4v) is 4.37. The smallest absolute Gasteiger partial charge is 0.257 e. The number of benzene rings is 2. The minimum absolute atomic E-state index is 0.0899. The third-order valence-corrected chi connectivity index (χ3v) is 6.31. The maximum absolute atomic E-state index is 13.1. The highest BCUT2D eigenvalue weighted by molar-refractivity contribution is 5.98. The fourth-order valence-electron chi connectivity index (χ4n) is 4.37. The third-order valence-electron chi connectivity index (χ3n) is 6.31. The van der Waals surface area contributed by atoms with E-state index in [1.807, 2.05) is 31.2 Å². The Labute approximate surface area is 207 Å². The van der Waals surface area contributed by atoms with E-state index >= 15 is 0 Å². The van der Waals surface area contributed by atoms with Crippen molar-refractivity contribution in [3.63, 3.8) is 0 Å². The van der Waals surface area contributed by atoms with E-state index in [0.29, 0.717) is 62.4 Å². The zero-order chi connectivity index (χ0) is 25.2. The molecule has 2 N–H and O–H groups in total. The molecular formula is C27H35N3O5. The number of aryl methyl sites for hydroxylation is 1. The first-order chi connectivity index (χ1) is 16.9. The maximum Gasteiger partial charge on any atom is 0.257 e. The molecule has 3 rings (SSSR count). The summed E-state index contributed by atoms with van der Waals surface area (Å²) >= 11 is 0. The van der Waals surface area contributed by atoms with Crippen LogP contribution in [0.2, 0.25) is 0 Å². The van der Waals surface area contributed by atoms with Crippen LogP contribution in [0.25, 0.3) is 0 Å². The van der Waals surface area contributed by atoms with Gasteiger partial charge in [-0.3, -0.25) is 14.4 Å². The zero-order valence-corrected chi connectivity index (χ0v) is 20.7. The predicted octanol–water partition coefficient (Wildman–Crippen LogP) is 2.81. The van der Waals surface area contributed by atoms with Crippen LogP contribution in [0.5, 0.6) is 5.75 Å². The van der Waals surface area contributed by atoms with Gasteiger partial charge in [0.25, 0.3) is 11.8 Å². The molecule has 1 saturated heterocycles. The molecule has 2 aromatic rings. The molecule has 2 aromatic carbocycles. The van der Waals surface area contributed by atoms with Crippen LogP contribution in [0.3, 0.4) is 0 Å². The van der Waals surface area contributed by atoms with E-state index in [-0.39, 0.29) is 23.6 Å². The summed E-state index contributed by atoms with van der Waals surface area (Å²) in [7, 11) is 3.16. The summed E-state index contributed by atoms with van der Waals surface area (Å²) in [5.74, 6) is -0.133. The number of methoxy groups -OCH3 is 2. The van der Waals surface area contributed by atoms with E-state index < -0.39 is 6.04 Å². The first-order valence-electron chi connectivity index (χ1n) is 12.0. The summed E-state index contributed by atoms with van der Waals surface area (Å²) < 4.78 is 10.4. The number of amides is 3. The second-order valence-corrected chi connectivity index (χ2v) is 8.79. The standard InChI is InChI=1S/C27H35N3O5/c1-19-8-6-9-21(18-19)25(31)29-24(26(32)28-14-7-17-34-2)20-12-15-30(16-13-20)27(33)22-10-4-5-11-23(22)35-3/h4-6,8-11,18,20,24H,7,12-17H2,1-3H3,(H,28,32)(H,29,31). The normalized spacial score (nSPS) is 14.8. The lowest BCUT2D eigenvalue weighted by atomic mass is 9.88. The van der Waals surface area contributed by atoms with E-state index in [1.165, 1.54) is 0 Å². The number of piperidine rings is 1. The Morgan fingerprint density at radius 1 is 1.06 bits per heavy atom. The lowest BCUT2D eigenvalue weighted by Crippen LogP contribution is -2.54. The van der Waals surface area contributed by atoms with Crippen LogP contribution in [0.15, 0.2) is 48.5 Å². The number of para-hydroxylation sites is 1. The van der Waals surface area contributed by atoms with E-state index in [2.05, 4.69) is 10.6 Å². The summed E-state index contributed by atoms with van der Waals surface area (Å²) in [4.78, 5) is 40.9. The summed E-state index contributed by atoms with van der Waals surface area (Å²) in [5, 5.41) is 5.89. The van der Waals surface area contributed by atoms with E-state index in [4.69, 9.17) is 9.47 Å². The van der Waals surface area contributed by atoms with Gasteiger partial charge in [-0.1, -0.05) is 29.8 Å². The predicted molar refractivity (Wildman–Crippen MR) is 134 cm³/mol. The maximum atomic E-state index is 13.1. The number of rotatable bonds is 10. The lowest BCUT2D eigenvalue weighted by molar-refractivity contribution is -0.124. The Hall–Kier alpha value is -3.39. The molecule has 35 heavy (non-hydrogen) atoms. The fraction of sp³-hybridized carbons (Fsp3) is 0.444. The van der Waals surface area contributed by atoms with Gasteiger partial charge in [0.2, 0.25) is 5.91 Å². The van der Waals surface area contributed by atoms with Gasteiger partial charge in [0.15, 0.2) is 0 Å². The largest absolute Gasteiger partial charge is 0.496 e. The van der Waals surface area contributed by atoms with E-state index in [1.54, 1.807) is 43.4 Å². The van der Waals surface area contributed by atoms with Crippen LogP contribution >= 0.6 is 0 Å². The van der Waals surface area contributed by atoms with Crippen molar-refractivity contribution in [3.05, 3.63) is 65.2 Å². The lowest BCUT2D eigenvalue weighted by Gasteiger charge is -2.36. The van der Waals surface area contributed by atoms with Gasteiger partial charge in [-0.15, -0.1) is 0 Å². The van der Waals surface area contributed by atoms with Crippen molar-refractivity contribution in [2.75, 3.05) is 40.5 Å². The van der Waals surface area contributed by atoms with E-state index in [0.717, 1.165) is 5.56 Å². The van der Waals surface area contributed by atoms with Gasteiger partial charge in [-0.25, -0.2) is 0 Å². The average molecular weight is 482 g/mol. The number of nitrogens with zero attached hydrogens (tertiary/aromatic N) is 1. The van der Waals surface area contributed by atoms with Crippen molar-refractivity contribution in [1.29, 1.82) is 0 Å². The van der Waals surface area contributed by atoms with Crippen LogP contribution < -0.4 is 15.4 Å². The number of nitrogens with one attached hydrogen (secondary N) is 2. The molecule has 1 atom stereocenters. The first-order valence-corrected chi connectivity index (χ1v) is 12.0. The number of hydrogen-bond acceptors (Lipinski definition) is 5. The second kappa shape index (κ2) is 12.9. The zero-order valence-electron chi connectivity index (χ0n) is 20.7. The van der Waals surface area contributed by atoms with Gasteiger partial charge in [0.05, 0.1) is 12.7 Å². The molecule has 0 radical (unpaired) electrons. The number of carbonyl (C=O) groups excluding carboxylic acids is 3. The first kappa shape index (κ1) is 26.2. The van der Waals surface area contributed by atoms with Crippen LogP contribution in [0.1, 0.15) is 45.5 Å². The minimum atomic E-state index is -0.686. The molecule has 1 aliphatic rings. The molecule has 3 amide bonds. The molecule has 1 aliphatic heterocycles. The second-order valence-electron chi connectivity index (χ2n) is 8.79. The molecule has 0 bridgehead atoms. The van der Waals surface area contributed by atoms with Crippen molar-refractivity contribution in [3.8, 4) is 5.75 Å². The van der Waals surface area contributed by atoms with Crippen molar-refractivity contribution in [2.45, 2.75) is 32.2 Å². The molecule has 1 unspecified atom stereocenters. The van der Waals surface area contributed by atoms with Gasteiger partial charge in [-0.05, 0) is 56.4 Å².